The first-order chi connectivity index (χ1) is 6.04. The third kappa shape index (κ3) is 7.02. The standard InChI is InChI=1S/C8H13NO4/c9-6(8(12)13)4-2-1-3-5-7(10)11/h1-2,6H,3-5,9H2,(H,10,11)(H,12,13)/b2-1+/t6-/m0/s1. The van der Waals surface area contributed by atoms with Crippen molar-refractivity contribution in [1.29, 1.82) is 0 Å². The molecule has 0 aliphatic carbocycles. The van der Waals surface area contributed by atoms with Crippen molar-refractivity contribution < 1.29 is 19.8 Å². The van der Waals surface area contributed by atoms with Crippen molar-refractivity contribution in [3.8, 4) is 0 Å². The fourth-order valence-electron chi connectivity index (χ4n) is 0.668. The number of carboxylic acid groups (broad SMARTS) is 2. The molecule has 4 N–H and O–H groups in total. The fraction of sp³-hybridized carbons (Fsp3) is 0.500. The fourth-order valence-corrected chi connectivity index (χ4v) is 0.668. The Bertz CT molecular complexity index is 212. The Labute approximate surface area is 75.9 Å². The normalized spacial score (nSPS) is 13.0. The van der Waals surface area contributed by atoms with Crippen LogP contribution in [0.4, 0.5) is 0 Å². The highest BCUT2D eigenvalue weighted by Gasteiger charge is 2.07. The first kappa shape index (κ1) is 11.6. The lowest BCUT2D eigenvalue weighted by atomic mass is 10.2. The van der Waals surface area contributed by atoms with Crippen molar-refractivity contribution in [1.82, 2.24) is 0 Å². The molecule has 0 heterocycles. The van der Waals surface area contributed by atoms with Crippen LogP contribution in [0.25, 0.3) is 0 Å². The Kier molecular flexibility index (Phi) is 5.54. The van der Waals surface area contributed by atoms with E-state index in [1.165, 1.54) is 0 Å². The maximum absolute atomic E-state index is 10.2. The van der Waals surface area contributed by atoms with Crippen molar-refractivity contribution in [3.63, 3.8) is 0 Å². The molecule has 13 heavy (non-hydrogen) atoms. The maximum Gasteiger partial charge on any atom is 0.320 e. The van der Waals surface area contributed by atoms with Gasteiger partial charge < -0.3 is 15.9 Å². The predicted molar refractivity (Wildman–Crippen MR) is 46.2 cm³/mol. The molecular formula is C8H13NO4. The van der Waals surface area contributed by atoms with Crippen molar-refractivity contribution in [3.05, 3.63) is 12.2 Å². The molecule has 0 aromatic heterocycles. The second-order valence-electron chi connectivity index (χ2n) is 2.58. The zero-order chi connectivity index (χ0) is 10.3. The quantitative estimate of drug-likeness (QED) is 0.516. The minimum Gasteiger partial charge on any atom is -0.481 e. The smallest absolute Gasteiger partial charge is 0.320 e. The summed E-state index contributed by atoms with van der Waals surface area (Å²) in [7, 11) is 0. The molecule has 5 nitrogen and oxygen atoms in total. The highest BCUT2D eigenvalue weighted by molar-refractivity contribution is 5.73. The van der Waals surface area contributed by atoms with Gasteiger partial charge in [0.25, 0.3) is 0 Å². The Balaban J connectivity index is 3.52. The highest BCUT2D eigenvalue weighted by Crippen LogP contribution is 1.95. The first-order valence-corrected chi connectivity index (χ1v) is 3.89. The summed E-state index contributed by atoms with van der Waals surface area (Å²) in [6, 6.07) is -0.902. The summed E-state index contributed by atoms with van der Waals surface area (Å²) in [4.78, 5) is 20.3. The average molecular weight is 187 g/mol. The van der Waals surface area contributed by atoms with E-state index in [0.717, 1.165) is 0 Å². The summed E-state index contributed by atoms with van der Waals surface area (Å²) in [6.45, 7) is 0. The number of carboxylic acids is 2. The molecule has 0 amide bonds. The van der Waals surface area contributed by atoms with E-state index in [4.69, 9.17) is 15.9 Å². The SMILES string of the molecule is N[C@@H](C/C=C/CCC(=O)O)C(=O)O. The third-order valence-corrected chi connectivity index (χ3v) is 1.40. The van der Waals surface area contributed by atoms with Gasteiger partial charge in [0.05, 0.1) is 0 Å². The van der Waals surface area contributed by atoms with Crippen molar-refractivity contribution in [2.75, 3.05) is 0 Å². The monoisotopic (exact) mass is 187 g/mol. The van der Waals surface area contributed by atoms with Crippen LogP contribution in [-0.2, 0) is 9.59 Å². The van der Waals surface area contributed by atoms with Crippen LogP contribution in [0.3, 0.4) is 0 Å². The summed E-state index contributed by atoms with van der Waals surface area (Å²) < 4.78 is 0. The van der Waals surface area contributed by atoms with Crippen LogP contribution >= 0.6 is 0 Å². The molecule has 0 aromatic rings. The summed E-state index contributed by atoms with van der Waals surface area (Å²) in [5.41, 5.74) is 5.19. The molecule has 1 atom stereocenters. The third-order valence-electron chi connectivity index (χ3n) is 1.40. The summed E-state index contributed by atoms with van der Waals surface area (Å²) in [6.07, 6.45) is 3.90. The van der Waals surface area contributed by atoms with Gasteiger partial charge in [0.1, 0.15) is 6.04 Å². The Morgan fingerprint density at radius 2 is 1.92 bits per heavy atom. The van der Waals surface area contributed by atoms with E-state index in [2.05, 4.69) is 0 Å². The van der Waals surface area contributed by atoms with Gasteiger partial charge in [-0.2, -0.15) is 0 Å². The number of aliphatic carboxylic acids is 2. The molecule has 0 spiro atoms. The van der Waals surface area contributed by atoms with Crippen molar-refractivity contribution in [2.45, 2.75) is 25.3 Å². The van der Waals surface area contributed by atoms with Crippen LogP contribution in [-0.4, -0.2) is 28.2 Å². The number of allylic oxidation sites excluding steroid dienone is 1. The van der Waals surface area contributed by atoms with Gasteiger partial charge in [0, 0.05) is 6.42 Å². The van der Waals surface area contributed by atoms with Gasteiger partial charge in [0.15, 0.2) is 0 Å². The molecule has 0 aliphatic rings. The van der Waals surface area contributed by atoms with Crippen LogP contribution in [0.5, 0.6) is 0 Å². The van der Waals surface area contributed by atoms with Crippen LogP contribution < -0.4 is 5.73 Å². The molecule has 0 unspecified atom stereocenters. The highest BCUT2D eigenvalue weighted by atomic mass is 16.4. The maximum atomic E-state index is 10.2. The predicted octanol–water partition coefficient (Wildman–Crippen LogP) is 0.209. The molecule has 0 rings (SSSR count). The zero-order valence-electron chi connectivity index (χ0n) is 7.14. The Hall–Kier alpha value is -1.36. The molecule has 0 saturated heterocycles. The summed E-state index contributed by atoms with van der Waals surface area (Å²) in [5.74, 6) is -1.92. The van der Waals surface area contributed by atoms with Crippen molar-refractivity contribution >= 4 is 11.9 Å². The van der Waals surface area contributed by atoms with Gasteiger partial charge >= 0.3 is 11.9 Å². The zero-order valence-corrected chi connectivity index (χ0v) is 7.14. The van der Waals surface area contributed by atoms with Crippen molar-refractivity contribution in [2.24, 2.45) is 5.73 Å². The van der Waals surface area contributed by atoms with E-state index in [0.29, 0.717) is 6.42 Å². The molecule has 0 aliphatic heterocycles. The second-order valence-corrected chi connectivity index (χ2v) is 2.58. The van der Waals surface area contributed by atoms with Gasteiger partial charge in [-0.25, -0.2) is 0 Å². The van der Waals surface area contributed by atoms with Gasteiger partial charge in [-0.05, 0) is 12.8 Å². The molecule has 0 radical (unpaired) electrons. The summed E-state index contributed by atoms with van der Waals surface area (Å²) in [5, 5.41) is 16.6. The molecule has 74 valence electrons. The van der Waals surface area contributed by atoms with Gasteiger partial charge in [-0.15, -0.1) is 0 Å². The number of rotatable bonds is 6. The van der Waals surface area contributed by atoms with E-state index in [1.54, 1.807) is 12.2 Å². The lowest BCUT2D eigenvalue weighted by Gasteiger charge is -1.99. The van der Waals surface area contributed by atoms with E-state index in [-0.39, 0.29) is 12.8 Å². The Morgan fingerprint density at radius 3 is 2.38 bits per heavy atom. The van der Waals surface area contributed by atoms with Crippen LogP contribution in [0.15, 0.2) is 12.2 Å². The number of hydrogen-bond acceptors (Lipinski definition) is 3. The van der Waals surface area contributed by atoms with Gasteiger partial charge in [-0.1, -0.05) is 12.2 Å². The van der Waals surface area contributed by atoms with Gasteiger partial charge in [-0.3, -0.25) is 9.59 Å². The molecule has 0 saturated carbocycles. The molecule has 0 fully saturated rings. The minimum atomic E-state index is -1.05. The molecule has 5 heteroatoms. The molecular weight excluding hydrogens is 174 g/mol. The van der Waals surface area contributed by atoms with E-state index < -0.39 is 18.0 Å². The second kappa shape index (κ2) is 6.19. The number of nitrogens with two attached hydrogens (primary N) is 1. The van der Waals surface area contributed by atoms with Crippen LogP contribution in [0.1, 0.15) is 19.3 Å². The van der Waals surface area contributed by atoms with Gasteiger partial charge in [0.2, 0.25) is 0 Å². The number of hydrogen-bond donors (Lipinski definition) is 3. The minimum absolute atomic E-state index is 0.0544. The van der Waals surface area contributed by atoms with Crippen LogP contribution in [0, 0.1) is 0 Å². The lowest BCUT2D eigenvalue weighted by molar-refractivity contribution is -0.138. The first-order valence-electron chi connectivity index (χ1n) is 3.89. The number of carbonyl (C=O) groups is 2. The van der Waals surface area contributed by atoms with E-state index in [9.17, 15) is 9.59 Å². The Morgan fingerprint density at radius 1 is 1.31 bits per heavy atom. The van der Waals surface area contributed by atoms with E-state index in [1.807, 2.05) is 0 Å². The molecule has 0 aromatic carbocycles. The molecule has 0 bridgehead atoms. The van der Waals surface area contributed by atoms with Crippen LogP contribution in [0.2, 0.25) is 0 Å². The van der Waals surface area contributed by atoms with E-state index >= 15 is 0 Å². The average Bonchev–Trinajstić information content (AvgIpc) is 2.02. The lowest BCUT2D eigenvalue weighted by Crippen LogP contribution is -2.29. The summed E-state index contributed by atoms with van der Waals surface area (Å²) >= 11 is 0. The topological polar surface area (TPSA) is 101 Å². The largest absolute Gasteiger partial charge is 0.481 e.